The summed E-state index contributed by atoms with van der Waals surface area (Å²) in [7, 11) is 0. The zero-order valence-electron chi connectivity index (χ0n) is 9.59. The summed E-state index contributed by atoms with van der Waals surface area (Å²) >= 11 is 13.6. The first kappa shape index (κ1) is 13.1. The van der Waals surface area contributed by atoms with E-state index in [1.807, 2.05) is 30.5 Å². The van der Waals surface area contributed by atoms with Crippen molar-refractivity contribution in [3.8, 4) is 0 Å². The third-order valence-electron chi connectivity index (χ3n) is 3.09. The number of benzene rings is 1. The zero-order valence-corrected chi connectivity index (χ0v) is 11.9. The van der Waals surface area contributed by atoms with Crippen LogP contribution in [0.2, 0.25) is 0 Å². The molecule has 0 radical (unpaired) electrons. The Bertz CT molecular complexity index is 464. The van der Waals surface area contributed by atoms with Crippen LogP contribution in [0.3, 0.4) is 0 Å². The van der Waals surface area contributed by atoms with Crippen LogP contribution in [0.5, 0.6) is 0 Å². The molecule has 1 unspecified atom stereocenters. The van der Waals surface area contributed by atoms with E-state index in [0.717, 1.165) is 10.6 Å². The van der Waals surface area contributed by atoms with Crippen LogP contribution >= 0.6 is 35.0 Å². The molecule has 1 atom stereocenters. The highest BCUT2D eigenvalue weighted by Crippen LogP contribution is 2.64. The Labute approximate surface area is 115 Å². The van der Waals surface area contributed by atoms with Crippen LogP contribution < -0.4 is 5.32 Å². The van der Waals surface area contributed by atoms with Gasteiger partial charge in [-0.25, -0.2) is 0 Å². The molecule has 17 heavy (non-hydrogen) atoms. The van der Waals surface area contributed by atoms with Crippen molar-refractivity contribution < 1.29 is 4.79 Å². The molecule has 1 saturated carbocycles. The van der Waals surface area contributed by atoms with Gasteiger partial charge in [0.2, 0.25) is 5.91 Å². The molecule has 1 aliphatic rings. The molecule has 1 fully saturated rings. The Morgan fingerprint density at radius 2 is 2.12 bits per heavy atom. The first-order valence-electron chi connectivity index (χ1n) is 5.22. The molecule has 5 heteroatoms. The lowest BCUT2D eigenvalue weighted by molar-refractivity contribution is -0.120. The number of carbonyl (C=O) groups is 1. The molecule has 0 bridgehead atoms. The van der Waals surface area contributed by atoms with Crippen LogP contribution in [0.1, 0.15) is 13.3 Å². The normalized spacial score (nSPS) is 25.4. The van der Waals surface area contributed by atoms with Crippen molar-refractivity contribution in [3.05, 3.63) is 24.3 Å². The van der Waals surface area contributed by atoms with Crippen LogP contribution in [-0.2, 0) is 4.79 Å². The van der Waals surface area contributed by atoms with Gasteiger partial charge in [0.15, 0.2) is 0 Å². The van der Waals surface area contributed by atoms with Gasteiger partial charge >= 0.3 is 0 Å². The van der Waals surface area contributed by atoms with Crippen molar-refractivity contribution in [1.82, 2.24) is 0 Å². The monoisotopic (exact) mass is 289 g/mol. The second kappa shape index (κ2) is 4.38. The van der Waals surface area contributed by atoms with Gasteiger partial charge in [0.05, 0.1) is 5.41 Å². The maximum atomic E-state index is 12.0. The number of carbonyl (C=O) groups excluding carboxylic acids is 1. The second-order valence-electron chi connectivity index (χ2n) is 4.40. The summed E-state index contributed by atoms with van der Waals surface area (Å²) < 4.78 is -0.922. The highest BCUT2D eigenvalue weighted by atomic mass is 35.5. The molecular formula is C12H13Cl2NOS. The van der Waals surface area contributed by atoms with Crippen LogP contribution in [0.15, 0.2) is 29.2 Å². The third kappa shape index (κ3) is 2.42. The Morgan fingerprint density at radius 1 is 1.47 bits per heavy atom. The molecule has 1 amide bonds. The molecule has 0 heterocycles. The van der Waals surface area contributed by atoms with Crippen molar-refractivity contribution in [2.24, 2.45) is 5.41 Å². The van der Waals surface area contributed by atoms with E-state index in [2.05, 4.69) is 5.32 Å². The van der Waals surface area contributed by atoms with Gasteiger partial charge in [0.25, 0.3) is 0 Å². The van der Waals surface area contributed by atoms with Gasteiger partial charge < -0.3 is 5.32 Å². The number of nitrogens with one attached hydrogen (secondary N) is 1. The maximum absolute atomic E-state index is 12.0. The number of amides is 1. The fourth-order valence-corrected chi connectivity index (χ4v) is 2.78. The van der Waals surface area contributed by atoms with Crippen molar-refractivity contribution in [2.45, 2.75) is 22.6 Å². The number of hydrogen-bond donors (Lipinski definition) is 1. The van der Waals surface area contributed by atoms with Gasteiger partial charge in [-0.2, -0.15) is 0 Å². The predicted molar refractivity (Wildman–Crippen MR) is 74.0 cm³/mol. The minimum absolute atomic E-state index is 0.124. The number of anilines is 1. The minimum atomic E-state index is -0.922. The number of rotatable bonds is 3. The molecule has 1 aromatic rings. The van der Waals surface area contributed by atoms with Crippen LogP contribution in [0.25, 0.3) is 0 Å². The summed E-state index contributed by atoms with van der Waals surface area (Å²) in [5.74, 6) is -0.124. The molecule has 0 saturated heterocycles. The number of thioether (sulfide) groups is 1. The molecule has 0 spiro atoms. The van der Waals surface area contributed by atoms with Crippen molar-refractivity contribution >= 4 is 46.6 Å². The predicted octanol–water partition coefficient (Wildman–Crippen LogP) is 3.93. The molecular weight excluding hydrogens is 277 g/mol. The summed E-state index contributed by atoms with van der Waals surface area (Å²) in [4.78, 5) is 13.1. The fraction of sp³-hybridized carbons (Fsp3) is 0.417. The first-order valence-corrected chi connectivity index (χ1v) is 7.20. The summed E-state index contributed by atoms with van der Waals surface area (Å²) in [6.07, 6.45) is 2.49. The minimum Gasteiger partial charge on any atom is -0.325 e. The Balaban J connectivity index is 2.09. The van der Waals surface area contributed by atoms with Crippen LogP contribution in [0.4, 0.5) is 5.69 Å². The Kier molecular flexibility index (Phi) is 3.36. The number of halogens is 2. The second-order valence-corrected chi connectivity index (χ2v) is 6.76. The summed E-state index contributed by atoms with van der Waals surface area (Å²) in [5, 5.41) is 2.85. The van der Waals surface area contributed by atoms with E-state index in [-0.39, 0.29) is 5.91 Å². The SMILES string of the molecule is CSc1cccc(NC(=O)C2(C)CC2(Cl)Cl)c1. The summed E-state index contributed by atoms with van der Waals surface area (Å²) in [6, 6.07) is 7.68. The van der Waals surface area contributed by atoms with E-state index < -0.39 is 9.75 Å². The lowest BCUT2D eigenvalue weighted by Gasteiger charge is -2.13. The largest absolute Gasteiger partial charge is 0.325 e. The lowest BCUT2D eigenvalue weighted by atomic mass is 10.1. The maximum Gasteiger partial charge on any atom is 0.233 e. The molecule has 92 valence electrons. The average molecular weight is 290 g/mol. The molecule has 1 aromatic carbocycles. The summed E-state index contributed by atoms with van der Waals surface area (Å²) in [6.45, 7) is 1.78. The lowest BCUT2D eigenvalue weighted by Crippen LogP contribution is -2.25. The first-order chi connectivity index (χ1) is 7.89. The summed E-state index contributed by atoms with van der Waals surface area (Å²) in [5.41, 5.74) is 0.102. The molecule has 1 aliphatic carbocycles. The van der Waals surface area contributed by atoms with E-state index in [9.17, 15) is 4.79 Å². The third-order valence-corrected chi connectivity index (χ3v) is 4.91. The molecule has 0 aliphatic heterocycles. The van der Waals surface area contributed by atoms with Gasteiger partial charge in [-0.15, -0.1) is 35.0 Å². The van der Waals surface area contributed by atoms with Gasteiger partial charge in [0.1, 0.15) is 4.33 Å². The smallest absolute Gasteiger partial charge is 0.233 e. The van der Waals surface area contributed by atoms with Gasteiger partial charge in [-0.3, -0.25) is 4.79 Å². The van der Waals surface area contributed by atoms with E-state index in [1.54, 1.807) is 18.7 Å². The van der Waals surface area contributed by atoms with E-state index >= 15 is 0 Å². The van der Waals surface area contributed by atoms with Crippen LogP contribution in [0, 0.1) is 5.41 Å². The van der Waals surface area contributed by atoms with Gasteiger partial charge in [-0.05, 0) is 37.8 Å². The van der Waals surface area contributed by atoms with Crippen molar-refractivity contribution in [3.63, 3.8) is 0 Å². The Morgan fingerprint density at radius 3 is 2.65 bits per heavy atom. The van der Waals surface area contributed by atoms with Crippen molar-refractivity contribution in [1.29, 1.82) is 0 Å². The van der Waals surface area contributed by atoms with Gasteiger partial charge in [-0.1, -0.05) is 6.07 Å². The van der Waals surface area contributed by atoms with E-state index in [4.69, 9.17) is 23.2 Å². The highest BCUT2D eigenvalue weighted by molar-refractivity contribution is 7.98. The highest BCUT2D eigenvalue weighted by Gasteiger charge is 2.67. The molecule has 0 aromatic heterocycles. The average Bonchev–Trinajstić information content (AvgIpc) is 2.80. The molecule has 2 rings (SSSR count). The van der Waals surface area contributed by atoms with Gasteiger partial charge in [0, 0.05) is 10.6 Å². The zero-order chi connectivity index (χ0) is 12.7. The van der Waals surface area contributed by atoms with E-state index in [0.29, 0.717) is 6.42 Å². The topological polar surface area (TPSA) is 29.1 Å². The fourth-order valence-electron chi connectivity index (χ4n) is 1.62. The van der Waals surface area contributed by atoms with Crippen molar-refractivity contribution in [2.75, 3.05) is 11.6 Å². The Hall–Kier alpha value is -0.380. The number of hydrogen-bond acceptors (Lipinski definition) is 2. The quantitative estimate of drug-likeness (QED) is 0.675. The van der Waals surface area contributed by atoms with Crippen LogP contribution in [-0.4, -0.2) is 16.5 Å². The standard InChI is InChI=1S/C12H13Cl2NOS/c1-11(7-12(11,13)14)10(16)15-8-4-3-5-9(6-8)17-2/h3-6H,7H2,1-2H3,(H,15,16). The molecule has 1 N–H and O–H groups in total. The van der Waals surface area contributed by atoms with E-state index in [1.165, 1.54) is 0 Å². The molecule has 2 nitrogen and oxygen atoms in total. The number of alkyl halides is 2.